The van der Waals surface area contributed by atoms with Crippen LogP contribution >= 0.6 is 35.6 Å². The van der Waals surface area contributed by atoms with Gasteiger partial charge in [0.2, 0.25) is 0 Å². The number of nitrogens with one attached hydrogen (secondary N) is 1. The predicted octanol–water partition coefficient (Wildman–Crippen LogP) is 2.83. The van der Waals surface area contributed by atoms with E-state index in [1.54, 1.807) is 0 Å². The van der Waals surface area contributed by atoms with Crippen LogP contribution in [0, 0.1) is 0 Å². The Morgan fingerprint density at radius 3 is 3.00 bits per heavy atom. The van der Waals surface area contributed by atoms with Crippen molar-refractivity contribution in [1.82, 2.24) is 15.1 Å². The molecule has 2 heterocycles. The number of halogens is 2. The lowest BCUT2D eigenvalue weighted by Gasteiger charge is -2.35. The van der Waals surface area contributed by atoms with E-state index in [1.807, 2.05) is 38.4 Å². The number of hydrogen-bond acceptors (Lipinski definition) is 3. The normalized spacial score (nSPS) is 23.7. The summed E-state index contributed by atoms with van der Waals surface area (Å²) in [6.07, 6.45) is 2.81. The summed E-state index contributed by atoms with van der Waals surface area (Å²) in [6.45, 7) is 4.59. The van der Waals surface area contributed by atoms with Crippen LogP contribution in [0.5, 0.6) is 0 Å². The molecule has 0 aromatic heterocycles. The third kappa shape index (κ3) is 5.45. The summed E-state index contributed by atoms with van der Waals surface area (Å²) in [5.74, 6) is 0.863. The number of nitrogens with zero attached hydrogens (tertiary/aromatic N) is 3. The number of benzene rings is 1. The quantitative estimate of drug-likeness (QED) is 0.410. The van der Waals surface area contributed by atoms with Gasteiger partial charge >= 0.3 is 0 Å². The lowest BCUT2D eigenvalue weighted by molar-refractivity contribution is -0.0454. The summed E-state index contributed by atoms with van der Waals surface area (Å²) >= 11 is 6.25. The number of fused-ring (bicyclic) bond motifs is 1. The van der Waals surface area contributed by atoms with Crippen LogP contribution in [0.2, 0.25) is 5.02 Å². The Bertz CT molecular complexity index is 586. The predicted molar refractivity (Wildman–Crippen MR) is 114 cm³/mol. The number of aliphatic imine (C=N–C) groups is 1. The van der Waals surface area contributed by atoms with Gasteiger partial charge in [0.05, 0.1) is 12.7 Å². The molecule has 2 aliphatic rings. The van der Waals surface area contributed by atoms with Gasteiger partial charge in [0.15, 0.2) is 5.96 Å². The van der Waals surface area contributed by atoms with Crippen molar-refractivity contribution in [3.05, 3.63) is 34.9 Å². The van der Waals surface area contributed by atoms with E-state index in [2.05, 4.69) is 20.1 Å². The molecule has 0 saturated carbocycles. The lowest BCUT2D eigenvalue weighted by Crippen LogP contribution is -2.51. The van der Waals surface area contributed by atoms with Crippen molar-refractivity contribution in [2.45, 2.75) is 31.5 Å². The molecule has 3 rings (SSSR count). The van der Waals surface area contributed by atoms with E-state index in [4.69, 9.17) is 16.3 Å². The van der Waals surface area contributed by atoms with Gasteiger partial charge in [0.1, 0.15) is 0 Å². The Labute approximate surface area is 172 Å². The van der Waals surface area contributed by atoms with E-state index in [9.17, 15) is 0 Å². The summed E-state index contributed by atoms with van der Waals surface area (Å²) in [5.41, 5.74) is 1.10. The van der Waals surface area contributed by atoms with Crippen LogP contribution in [0.4, 0.5) is 0 Å². The molecule has 0 bridgehead atoms. The molecule has 2 aliphatic heterocycles. The molecule has 25 heavy (non-hydrogen) atoms. The van der Waals surface area contributed by atoms with Crippen LogP contribution < -0.4 is 5.32 Å². The lowest BCUT2D eigenvalue weighted by atomic mass is 10.2. The van der Waals surface area contributed by atoms with E-state index in [0.29, 0.717) is 6.04 Å². The molecule has 5 nitrogen and oxygen atoms in total. The molecule has 2 atom stereocenters. The maximum atomic E-state index is 6.25. The van der Waals surface area contributed by atoms with Crippen LogP contribution in [0.25, 0.3) is 0 Å². The minimum Gasteiger partial charge on any atom is -0.373 e. The summed E-state index contributed by atoms with van der Waals surface area (Å²) in [5, 5.41) is 4.23. The zero-order valence-corrected chi connectivity index (χ0v) is 18.0. The van der Waals surface area contributed by atoms with Crippen LogP contribution in [0.15, 0.2) is 29.3 Å². The zero-order chi connectivity index (χ0) is 16.9. The van der Waals surface area contributed by atoms with Crippen LogP contribution in [-0.4, -0.2) is 68.2 Å². The molecular formula is C18H28ClIN4O. The Morgan fingerprint density at radius 1 is 1.44 bits per heavy atom. The van der Waals surface area contributed by atoms with Gasteiger partial charge < -0.3 is 15.0 Å². The first kappa shape index (κ1) is 20.7. The van der Waals surface area contributed by atoms with Crippen molar-refractivity contribution >= 4 is 41.5 Å². The molecule has 1 aromatic carbocycles. The van der Waals surface area contributed by atoms with Gasteiger partial charge in [0, 0.05) is 44.8 Å². The third-order valence-corrected chi connectivity index (χ3v) is 5.26. The smallest absolute Gasteiger partial charge is 0.193 e. The Kier molecular flexibility index (Phi) is 8.25. The molecule has 0 amide bonds. The molecule has 1 aromatic rings. The minimum absolute atomic E-state index is 0. The number of morpholine rings is 1. The molecule has 2 unspecified atom stereocenters. The molecule has 0 aliphatic carbocycles. The van der Waals surface area contributed by atoms with Gasteiger partial charge in [0.25, 0.3) is 0 Å². The highest BCUT2D eigenvalue weighted by Gasteiger charge is 2.32. The summed E-state index contributed by atoms with van der Waals surface area (Å²) in [6, 6.07) is 8.56. The second-order valence-electron chi connectivity index (χ2n) is 6.62. The second-order valence-corrected chi connectivity index (χ2v) is 7.03. The molecule has 2 saturated heterocycles. The van der Waals surface area contributed by atoms with Gasteiger partial charge in [-0.25, -0.2) is 0 Å². The Hall–Kier alpha value is -0.570. The topological polar surface area (TPSA) is 40.1 Å². The monoisotopic (exact) mass is 478 g/mol. The molecule has 7 heteroatoms. The maximum absolute atomic E-state index is 6.25. The summed E-state index contributed by atoms with van der Waals surface area (Å²) in [7, 11) is 3.83. The van der Waals surface area contributed by atoms with Gasteiger partial charge in [-0.2, -0.15) is 0 Å². The summed E-state index contributed by atoms with van der Waals surface area (Å²) in [4.78, 5) is 9.03. The highest BCUT2D eigenvalue weighted by atomic mass is 127. The van der Waals surface area contributed by atoms with Gasteiger partial charge in [-0.15, -0.1) is 24.0 Å². The number of hydrogen-bond donors (Lipinski definition) is 1. The van der Waals surface area contributed by atoms with E-state index >= 15 is 0 Å². The molecule has 0 spiro atoms. The number of rotatable bonds is 4. The highest BCUT2D eigenvalue weighted by molar-refractivity contribution is 14.0. The van der Waals surface area contributed by atoms with E-state index in [-0.39, 0.29) is 30.1 Å². The first-order valence-electron chi connectivity index (χ1n) is 8.68. The SMILES string of the molecule is CN=C(NCC1CN2CCCC2CO1)N(C)Cc1ccccc1Cl.I. The van der Waals surface area contributed by atoms with Crippen LogP contribution in [0.1, 0.15) is 18.4 Å². The molecular weight excluding hydrogens is 451 g/mol. The average molecular weight is 479 g/mol. The van der Waals surface area contributed by atoms with E-state index in [1.165, 1.54) is 19.4 Å². The Morgan fingerprint density at radius 2 is 2.24 bits per heavy atom. The van der Waals surface area contributed by atoms with Crippen molar-refractivity contribution in [3.63, 3.8) is 0 Å². The van der Waals surface area contributed by atoms with Gasteiger partial charge in [-0.3, -0.25) is 9.89 Å². The van der Waals surface area contributed by atoms with Crippen molar-refractivity contribution < 1.29 is 4.74 Å². The van der Waals surface area contributed by atoms with Gasteiger partial charge in [-0.05, 0) is 31.0 Å². The molecule has 0 radical (unpaired) electrons. The van der Waals surface area contributed by atoms with E-state index < -0.39 is 0 Å². The molecule has 140 valence electrons. The molecule has 1 N–H and O–H groups in total. The van der Waals surface area contributed by atoms with Crippen LogP contribution in [-0.2, 0) is 11.3 Å². The Balaban J connectivity index is 0.00000225. The zero-order valence-electron chi connectivity index (χ0n) is 14.9. The van der Waals surface area contributed by atoms with Crippen LogP contribution in [0.3, 0.4) is 0 Å². The van der Waals surface area contributed by atoms with Gasteiger partial charge in [-0.1, -0.05) is 29.8 Å². The third-order valence-electron chi connectivity index (χ3n) is 4.89. The largest absolute Gasteiger partial charge is 0.373 e. The first-order valence-corrected chi connectivity index (χ1v) is 9.06. The maximum Gasteiger partial charge on any atom is 0.193 e. The minimum atomic E-state index is 0. The van der Waals surface area contributed by atoms with Crippen molar-refractivity contribution in [2.75, 3.05) is 40.3 Å². The fraction of sp³-hybridized carbons (Fsp3) is 0.611. The van der Waals surface area contributed by atoms with Crippen molar-refractivity contribution in [2.24, 2.45) is 4.99 Å². The fourth-order valence-electron chi connectivity index (χ4n) is 3.56. The highest BCUT2D eigenvalue weighted by Crippen LogP contribution is 2.22. The second kappa shape index (κ2) is 9.94. The summed E-state index contributed by atoms with van der Waals surface area (Å²) < 4.78 is 6.01. The van der Waals surface area contributed by atoms with E-state index in [0.717, 1.165) is 42.8 Å². The van der Waals surface area contributed by atoms with Crippen molar-refractivity contribution in [1.29, 1.82) is 0 Å². The number of guanidine groups is 1. The molecule has 2 fully saturated rings. The fourth-order valence-corrected chi connectivity index (χ4v) is 3.75. The average Bonchev–Trinajstić information content (AvgIpc) is 3.05. The van der Waals surface area contributed by atoms with Crippen molar-refractivity contribution in [3.8, 4) is 0 Å². The standard InChI is InChI=1S/C18H27ClN4O.HI/c1-20-18(22(2)11-14-6-3-4-8-17(14)19)21-10-16-12-23-9-5-7-15(23)13-24-16;/h3-4,6,8,15-16H,5,7,9-13H2,1-2H3,(H,20,21);1H. The number of ether oxygens (including phenoxy) is 1. The first-order chi connectivity index (χ1) is 11.7.